The van der Waals surface area contributed by atoms with Crippen molar-refractivity contribution < 1.29 is 9.53 Å². The maximum atomic E-state index is 12.5. The second-order valence-corrected chi connectivity index (χ2v) is 5.87. The van der Waals surface area contributed by atoms with E-state index in [9.17, 15) is 4.79 Å². The first-order chi connectivity index (χ1) is 9.65. The van der Waals surface area contributed by atoms with E-state index in [-0.39, 0.29) is 5.78 Å². The van der Waals surface area contributed by atoms with Gasteiger partial charge < -0.3 is 4.74 Å². The predicted octanol–water partition coefficient (Wildman–Crippen LogP) is 4.80. The van der Waals surface area contributed by atoms with Crippen molar-refractivity contribution in [2.75, 3.05) is 12.9 Å². The van der Waals surface area contributed by atoms with E-state index in [1.54, 1.807) is 17.8 Å². The van der Waals surface area contributed by atoms with E-state index >= 15 is 0 Å². The van der Waals surface area contributed by atoms with Gasteiger partial charge in [0, 0.05) is 20.5 Å². The summed E-state index contributed by atoms with van der Waals surface area (Å²) in [5.74, 6) is 0.765. The number of halogens is 1. The minimum atomic E-state index is 0.00702. The molecule has 2 aromatic rings. The first-order valence-electron chi connectivity index (χ1n) is 6.26. The van der Waals surface area contributed by atoms with Gasteiger partial charge in [-0.05, 0) is 71.6 Å². The second-order valence-electron chi connectivity index (χ2n) is 4.13. The topological polar surface area (TPSA) is 26.3 Å². The molecule has 0 heterocycles. The van der Waals surface area contributed by atoms with Crippen molar-refractivity contribution in [3.8, 4) is 5.75 Å². The van der Waals surface area contributed by atoms with Crippen LogP contribution in [0, 0.1) is 0 Å². The van der Waals surface area contributed by atoms with Crippen molar-refractivity contribution in [3.05, 3.63) is 58.1 Å². The molecule has 0 amide bonds. The Morgan fingerprint density at radius 3 is 2.45 bits per heavy atom. The van der Waals surface area contributed by atoms with Crippen LogP contribution >= 0.6 is 27.7 Å². The number of ketones is 1. The number of hydrogen-bond donors (Lipinski definition) is 0. The molecule has 0 saturated heterocycles. The lowest BCUT2D eigenvalue weighted by atomic mass is 10.0. The highest BCUT2D eigenvalue weighted by Gasteiger charge is 2.13. The second kappa shape index (κ2) is 6.95. The molecule has 0 aromatic heterocycles. The quantitative estimate of drug-likeness (QED) is 0.572. The highest BCUT2D eigenvalue weighted by molar-refractivity contribution is 9.10. The predicted molar refractivity (Wildman–Crippen MR) is 87.0 cm³/mol. The van der Waals surface area contributed by atoms with E-state index in [0.29, 0.717) is 17.7 Å². The lowest BCUT2D eigenvalue weighted by molar-refractivity contribution is 0.103. The molecule has 0 bridgehead atoms. The van der Waals surface area contributed by atoms with Crippen LogP contribution in [-0.4, -0.2) is 18.6 Å². The van der Waals surface area contributed by atoms with Gasteiger partial charge in [0.05, 0.1) is 6.61 Å². The number of benzene rings is 2. The smallest absolute Gasteiger partial charge is 0.194 e. The van der Waals surface area contributed by atoms with Crippen LogP contribution in [-0.2, 0) is 0 Å². The van der Waals surface area contributed by atoms with Gasteiger partial charge in [-0.25, -0.2) is 0 Å². The average molecular weight is 351 g/mol. The monoisotopic (exact) mass is 350 g/mol. The van der Waals surface area contributed by atoms with E-state index < -0.39 is 0 Å². The van der Waals surface area contributed by atoms with Gasteiger partial charge >= 0.3 is 0 Å². The fourth-order valence-electron chi connectivity index (χ4n) is 1.83. The third kappa shape index (κ3) is 3.44. The largest absolute Gasteiger partial charge is 0.494 e. The fraction of sp³-hybridized carbons (Fsp3) is 0.188. The van der Waals surface area contributed by atoms with E-state index in [1.807, 2.05) is 49.6 Å². The Morgan fingerprint density at radius 2 is 1.90 bits per heavy atom. The van der Waals surface area contributed by atoms with Crippen molar-refractivity contribution in [1.82, 2.24) is 0 Å². The molecular weight excluding hydrogens is 336 g/mol. The van der Waals surface area contributed by atoms with Gasteiger partial charge in [0.15, 0.2) is 5.78 Å². The normalized spacial score (nSPS) is 10.3. The number of thioether (sulfide) groups is 1. The molecule has 104 valence electrons. The highest BCUT2D eigenvalue weighted by Crippen LogP contribution is 2.26. The molecule has 2 nitrogen and oxygen atoms in total. The van der Waals surface area contributed by atoms with Crippen molar-refractivity contribution >= 4 is 33.5 Å². The van der Waals surface area contributed by atoms with Gasteiger partial charge in [0.2, 0.25) is 0 Å². The SMILES string of the molecule is CCOc1ccc(C(=O)c2ccc(SC)cc2)c(Br)c1. The first-order valence-corrected chi connectivity index (χ1v) is 8.28. The fourth-order valence-corrected chi connectivity index (χ4v) is 2.78. The molecular formula is C16H15BrO2S. The Hall–Kier alpha value is -1.26. The van der Waals surface area contributed by atoms with Crippen LogP contribution in [0.3, 0.4) is 0 Å². The van der Waals surface area contributed by atoms with Crippen LogP contribution in [0.4, 0.5) is 0 Å². The van der Waals surface area contributed by atoms with Crippen molar-refractivity contribution in [3.63, 3.8) is 0 Å². The molecule has 20 heavy (non-hydrogen) atoms. The molecule has 0 aliphatic heterocycles. The van der Waals surface area contributed by atoms with Crippen molar-refractivity contribution in [1.29, 1.82) is 0 Å². The van der Waals surface area contributed by atoms with Crippen LogP contribution in [0.2, 0.25) is 0 Å². The third-order valence-corrected chi connectivity index (χ3v) is 4.25. The third-order valence-electron chi connectivity index (χ3n) is 2.85. The highest BCUT2D eigenvalue weighted by atomic mass is 79.9. The van der Waals surface area contributed by atoms with Crippen LogP contribution in [0.1, 0.15) is 22.8 Å². The summed E-state index contributed by atoms with van der Waals surface area (Å²) in [5.41, 5.74) is 1.33. The molecule has 0 unspecified atom stereocenters. The lowest BCUT2D eigenvalue weighted by Gasteiger charge is -2.08. The molecule has 4 heteroatoms. The number of ether oxygens (including phenoxy) is 1. The summed E-state index contributed by atoms with van der Waals surface area (Å²) in [7, 11) is 0. The van der Waals surface area contributed by atoms with Crippen molar-refractivity contribution in [2.45, 2.75) is 11.8 Å². The minimum Gasteiger partial charge on any atom is -0.494 e. The van der Waals surface area contributed by atoms with Gasteiger partial charge in [-0.3, -0.25) is 4.79 Å². The minimum absolute atomic E-state index is 0.00702. The zero-order valence-corrected chi connectivity index (χ0v) is 13.8. The standard InChI is InChI=1S/C16H15BrO2S/c1-3-19-12-6-9-14(15(17)10-12)16(18)11-4-7-13(20-2)8-5-11/h4-10H,3H2,1-2H3. The summed E-state index contributed by atoms with van der Waals surface area (Å²) >= 11 is 5.10. The lowest BCUT2D eigenvalue weighted by Crippen LogP contribution is -2.02. The number of hydrogen-bond acceptors (Lipinski definition) is 3. The Morgan fingerprint density at radius 1 is 1.20 bits per heavy atom. The maximum Gasteiger partial charge on any atom is 0.194 e. The Kier molecular flexibility index (Phi) is 5.26. The van der Waals surface area contributed by atoms with Crippen LogP contribution in [0.5, 0.6) is 5.75 Å². The molecule has 2 rings (SSSR count). The van der Waals surface area contributed by atoms with Gasteiger partial charge in [-0.1, -0.05) is 0 Å². The van der Waals surface area contributed by atoms with Crippen LogP contribution < -0.4 is 4.74 Å². The van der Waals surface area contributed by atoms with Crippen molar-refractivity contribution in [2.24, 2.45) is 0 Å². The summed E-state index contributed by atoms with van der Waals surface area (Å²) in [6.07, 6.45) is 2.01. The first kappa shape index (κ1) is 15.1. The molecule has 0 aliphatic rings. The van der Waals surface area contributed by atoms with E-state index in [4.69, 9.17) is 4.74 Å². The molecule has 0 radical (unpaired) electrons. The van der Waals surface area contributed by atoms with Crippen LogP contribution in [0.15, 0.2) is 51.8 Å². The summed E-state index contributed by atoms with van der Waals surface area (Å²) < 4.78 is 6.17. The Balaban J connectivity index is 2.28. The molecule has 0 N–H and O–H groups in total. The molecule has 2 aromatic carbocycles. The van der Waals surface area contributed by atoms with Gasteiger partial charge in [0.25, 0.3) is 0 Å². The summed E-state index contributed by atoms with van der Waals surface area (Å²) in [6.45, 7) is 2.54. The van der Waals surface area contributed by atoms with Crippen LogP contribution in [0.25, 0.3) is 0 Å². The summed E-state index contributed by atoms with van der Waals surface area (Å²) in [5, 5.41) is 0. The molecule has 0 atom stereocenters. The maximum absolute atomic E-state index is 12.5. The number of carbonyl (C=O) groups is 1. The zero-order valence-electron chi connectivity index (χ0n) is 11.4. The van der Waals surface area contributed by atoms with E-state index in [1.165, 1.54) is 0 Å². The van der Waals surface area contributed by atoms with E-state index in [0.717, 1.165) is 15.1 Å². The number of carbonyl (C=O) groups excluding carboxylic acids is 1. The molecule has 0 spiro atoms. The summed E-state index contributed by atoms with van der Waals surface area (Å²) in [6, 6.07) is 13.1. The molecule has 0 saturated carbocycles. The van der Waals surface area contributed by atoms with E-state index in [2.05, 4.69) is 15.9 Å². The van der Waals surface area contributed by atoms with Gasteiger partial charge in [0.1, 0.15) is 5.75 Å². The Bertz CT molecular complexity index is 608. The average Bonchev–Trinajstić information content (AvgIpc) is 2.47. The Labute approximate surface area is 131 Å². The van der Waals surface area contributed by atoms with Gasteiger partial charge in [-0.15, -0.1) is 11.8 Å². The van der Waals surface area contributed by atoms with Gasteiger partial charge in [-0.2, -0.15) is 0 Å². The molecule has 0 fully saturated rings. The summed E-state index contributed by atoms with van der Waals surface area (Å²) in [4.78, 5) is 13.6. The number of rotatable bonds is 5. The zero-order chi connectivity index (χ0) is 14.5. The molecule has 0 aliphatic carbocycles.